The molecule has 2 aromatic heterocycles. The summed E-state index contributed by atoms with van der Waals surface area (Å²) in [5.41, 5.74) is 1.34. The van der Waals surface area contributed by atoms with E-state index in [4.69, 9.17) is 63.1 Å². The third kappa shape index (κ3) is 5.46. The molecule has 2 rings (SSSR count). The Hall–Kier alpha value is -1.11. The molecule has 0 amide bonds. The molecule has 0 radical (unpaired) electrons. The Labute approximate surface area is 162 Å². The van der Waals surface area contributed by atoms with E-state index in [9.17, 15) is 9.59 Å². The zero-order valence-corrected chi connectivity index (χ0v) is 16.0. The highest BCUT2D eigenvalue weighted by molar-refractivity contribution is 6.68. The van der Waals surface area contributed by atoms with Gasteiger partial charge >= 0.3 is 5.97 Å². The van der Waals surface area contributed by atoms with Crippen LogP contribution in [0.15, 0.2) is 12.1 Å². The normalized spacial score (nSPS) is 9.96. The number of aryl methyl sites for hydroxylation is 2. The van der Waals surface area contributed by atoms with Gasteiger partial charge in [0, 0.05) is 0 Å². The largest absolute Gasteiger partial charge is 0.478 e. The van der Waals surface area contributed by atoms with E-state index in [0.717, 1.165) is 0 Å². The average molecular weight is 431 g/mol. The number of hydrogen-bond acceptors (Lipinski definition) is 4. The predicted octanol–water partition coefficient (Wildman–Crippen LogP) is 5.47. The van der Waals surface area contributed by atoms with Crippen LogP contribution >= 0.6 is 58.0 Å². The van der Waals surface area contributed by atoms with Crippen LogP contribution in [0.2, 0.25) is 20.6 Å². The molecule has 0 fully saturated rings. The summed E-state index contributed by atoms with van der Waals surface area (Å²) >= 11 is 27.6. The molecule has 0 aliphatic rings. The number of hydrogen-bond donors (Lipinski definition) is 1. The maximum atomic E-state index is 10.8. The summed E-state index contributed by atoms with van der Waals surface area (Å²) in [5.74, 6) is -1.10. The molecular weight excluding hydrogens is 421 g/mol. The van der Waals surface area contributed by atoms with Crippen LogP contribution in [0.25, 0.3) is 0 Å². The van der Waals surface area contributed by atoms with Crippen molar-refractivity contribution >= 4 is 69.2 Å². The molecule has 0 saturated carbocycles. The Morgan fingerprint density at radius 3 is 1.54 bits per heavy atom. The molecule has 128 valence electrons. The van der Waals surface area contributed by atoms with E-state index in [-0.39, 0.29) is 31.7 Å². The molecule has 0 aromatic carbocycles. The molecule has 0 unspecified atom stereocenters. The van der Waals surface area contributed by atoms with Crippen LogP contribution in [0.4, 0.5) is 0 Å². The molecule has 24 heavy (non-hydrogen) atoms. The number of pyridine rings is 2. The van der Waals surface area contributed by atoms with Crippen molar-refractivity contribution in [1.82, 2.24) is 9.97 Å². The number of carboxylic acids is 1. The van der Waals surface area contributed by atoms with Crippen LogP contribution in [0.3, 0.4) is 0 Å². The minimum atomic E-state index is -1.10. The summed E-state index contributed by atoms with van der Waals surface area (Å²) < 4.78 is 0. The number of nitrogens with zero attached hydrogens (tertiary/aromatic N) is 2. The first-order valence-electron chi connectivity index (χ1n) is 6.13. The molecular formula is C14H9Cl5N2O3. The molecule has 0 aliphatic heterocycles. The van der Waals surface area contributed by atoms with Gasteiger partial charge in [0.05, 0.1) is 11.1 Å². The lowest BCUT2D eigenvalue weighted by Gasteiger charge is -2.02. The summed E-state index contributed by atoms with van der Waals surface area (Å²) in [5, 5.41) is 8.46. The second-order valence-electron chi connectivity index (χ2n) is 4.43. The molecule has 1 N–H and O–H groups in total. The first-order chi connectivity index (χ1) is 11.0. The molecule has 2 aromatic rings. The maximum absolute atomic E-state index is 10.8. The van der Waals surface area contributed by atoms with Crippen molar-refractivity contribution in [3.8, 4) is 0 Å². The van der Waals surface area contributed by atoms with Crippen LogP contribution in [0, 0.1) is 13.8 Å². The molecule has 0 atom stereocenters. The number of carbonyl (C=O) groups is 2. The Balaban J connectivity index is 0.000000240. The molecule has 0 spiro atoms. The lowest BCUT2D eigenvalue weighted by molar-refractivity contribution is 0.0695. The summed E-state index contributed by atoms with van der Waals surface area (Å²) in [4.78, 5) is 28.7. The Morgan fingerprint density at radius 2 is 1.25 bits per heavy atom. The lowest BCUT2D eigenvalue weighted by atomic mass is 10.2. The standard InChI is InChI=1S/C7H4Cl3NO.C7H5Cl2NO2/c1-3-2-4(8)11-6(9)5(3)7(10)12;1-3-2-4(8)10-6(9)5(3)7(11)12/h2H,1H3;2H,1H3,(H,11,12). The number of rotatable bonds is 2. The predicted molar refractivity (Wildman–Crippen MR) is 95.1 cm³/mol. The first kappa shape index (κ1) is 20.9. The SMILES string of the molecule is Cc1cc(Cl)nc(Cl)c1C(=O)Cl.Cc1cc(Cl)nc(Cl)c1C(=O)O. The van der Waals surface area contributed by atoms with Gasteiger partial charge in [-0.05, 0) is 48.7 Å². The van der Waals surface area contributed by atoms with Gasteiger partial charge in [-0.1, -0.05) is 46.4 Å². The van der Waals surface area contributed by atoms with Crippen molar-refractivity contribution in [1.29, 1.82) is 0 Å². The van der Waals surface area contributed by atoms with Gasteiger partial charge in [-0.2, -0.15) is 0 Å². The Morgan fingerprint density at radius 1 is 0.875 bits per heavy atom. The number of carboxylic acid groups (broad SMARTS) is 1. The van der Waals surface area contributed by atoms with E-state index < -0.39 is 11.2 Å². The highest BCUT2D eigenvalue weighted by atomic mass is 35.5. The van der Waals surface area contributed by atoms with Crippen LogP contribution in [0.1, 0.15) is 31.8 Å². The zero-order valence-electron chi connectivity index (χ0n) is 12.2. The second-order valence-corrected chi connectivity index (χ2v) is 6.27. The number of carbonyl (C=O) groups excluding carboxylic acids is 1. The van der Waals surface area contributed by atoms with Gasteiger partial charge in [-0.15, -0.1) is 0 Å². The lowest BCUT2D eigenvalue weighted by Crippen LogP contribution is -2.02. The van der Waals surface area contributed by atoms with Crippen molar-refractivity contribution in [3.05, 3.63) is 55.0 Å². The highest BCUT2D eigenvalue weighted by Crippen LogP contribution is 2.22. The Bertz CT molecular complexity index is 697. The van der Waals surface area contributed by atoms with Gasteiger partial charge in [0.2, 0.25) is 0 Å². The molecule has 5 nitrogen and oxygen atoms in total. The number of aromatic carboxylic acids is 1. The van der Waals surface area contributed by atoms with E-state index in [2.05, 4.69) is 9.97 Å². The maximum Gasteiger partial charge on any atom is 0.339 e. The van der Waals surface area contributed by atoms with E-state index in [1.807, 2.05) is 0 Å². The minimum absolute atomic E-state index is 0.000988. The van der Waals surface area contributed by atoms with E-state index in [1.54, 1.807) is 13.8 Å². The van der Waals surface area contributed by atoms with Gasteiger partial charge in [-0.3, -0.25) is 4.79 Å². The summed E-state index contributed by atoms with van der Waals surface area (Å²) in [6.45, 7) is 3.30. The molecule has 0 saturated heterocycles. The van der Waals surface area contributed by atoms with Gasteiger partial charge < -0.3 is 5.11 Å². The van der Waals surface area contributed by atoms with Crippen molar-refractivity contribution < 1.29 is 14.7 Å². The monoisotopic (exact) mass is 428 g/mol. The third-order valence-corrected chi connectivity index (χ3v) is 3.82. The first-order valence-corrected chi connectivity index (χ1v) is 8.02. The summed E-state index contributed by atoms with van der Waals surface area (Å²) in [6, 6.07) is 2.99. The fourth-order valence-electron chi connectivity index (χ4n) is 1.68. The van der Waals surface area contributed by atoms with Crippen LogP contribution in [-0.2, 0) is 0 Å². The summed E-state index contributed by atoms with van der Waals surface area (Å²) in [6.07, 6.45) is 0. The molecule has 0 aliphatic carbocycles. The van der Waals surface area contributed by atoms with Crippen molar-refractivity contribution in [2.24, 2.45) is 0 Å². The third-order valence-electron chi connectivity index (χ3n) is 2.69. The highest BCUT2D eigenvalue weighted by Gasteiger charge is 2.14. The van der Waals surface area contributed by atoms with Crippen LogP contribution in [-0.4, -0.2) is 26.3 Å². The van der Waals surface area contributed by atoms with Gasteiger partial charge in [-0.25, -0.2) is 14.8 Å². The Kier molecular flexibility index (Phi) is 7.70. The molecule has 0 bridgehead atoms. The number of halogens is 5. The van der Waals surface area contributed by atoms with Gasteiger partial charge in [0.15, 0.2) is 0 Å². The molecule has 10 heteroatoms. The second kappa shape index (κ2) is 8.83. The van der Waals surface area contributed by atoms with Gasteiger partial charge in [0.25, 0.3) is 5.24 Å². The average Bonchev–Trinajstić information content (AvgIpc) is 2.35. The van der Waals surface area contributed by atoms with Crippen molar-refractivity contribution in [2.75, 3.05) is 0 Å². The van der Waals surface area contributed by atoms with Crippen LogP contribution < -0.4 is 0 Å². The quantitative estimate of drug-likeness (QED) is 0.505. The topological polar surface area (TPSA) is 80.2 Å². The van der Waals surface area contributed by atoms with E-state index >= 15 is 0 Å². The number of aromatic nitrogens is 2. The van der Waals surface area contributed by atoms with Crippen molar-refractivity contribution in [3.63, 3.8) is 0 Å². The smallest absolute Gasteiger partial charge is 0.339 e. The fourth-order valence-corrected chi connectivity index (χ4v) is 3.20. The van der Waals surface area contributed by atoms with Crippen LogP contribution in [0.5, 0.6) is 0 Å². The fraction of sp³-hybridized carbons (Fsp3) is 0.143. The zero-order chi connectivity index (χ0) is 18.6. The minimum Gasteiger partial charge on any atom is -0.478 e. The summed E-state index contributed by atoms with van der Waals surface area (Å²) in [7, 11) is 0. The van der Waals surface area contributed by atoms with E-state index in [0.29, 0.717) is 11.1 Å². The van der Waals surface area contributed by atoms with Crippen molar-refractivity contribution in [2.45, 2.75) is 13.8 Å². The van der Waals surface area contributed by atoms with E-state index in [1.165, 1.54) is 12.1 Å². The van der Waals surface area contributed by atoms with Gasteiger partial charge in [0.1, 0.15) is 20.6 Å². The molecule has 2 heterocycles.